The Morgan fingerprint density at radius 1 is 1.36 bits per heavy atom. The molecule has 22 heavy (non-hydrogen) atoms. The van der Waals surface area contributed by atoms with Crippen LogP contribution in [0.1, 0.15) is 38.8 Å². The number of carbonyl (C=O) groups is 1. The van der Waals surface area contributed by atoms with Crippen LogP contribution in [0.4, 0.5) is 19.0 Å². The van der Waals surface area contributed by atoms with Crippen LogP contribution in [0.15, 0.2) is 18.5 Å². The number of hydrogen-bond acceptors (Lipinski definition) is 5. The fourth-order valence-corrected chi connectivity index (χ4v) is 2.44. The zero-order valence-electron chi connectivity index (χ0n) is 11.7. The first kappa shape index (κ1) is 16.4. The summed E-state index contributed by atoms with van der Waals surface area (Å²) in [7, 11) is 0. The quantitative estimate of drug-likeness (QED) is 0.906. The van der Waals surface area contributed by atoms with Crippen LogP contribution in [-0.2, 0) is 6.18 Å². The molecule has 0 spiro atoms. The number of anilines is 1. The SMILES string of the molecule is Cc1cnc(NC(=O)c2cnc(C(C)N)s2)cc1C(F)(F)F. The van der Waals surface area contributed by atoms with Gasteiger partial charge in [0.2, 0.25) is 0 Å². The van der Waals surface area contributed by atoms with Crippen LogP contribution >= 0.6 is 11.3 Å². The Morgan fingerprint density at radius 3 is 2.59 bits per heavy atom. The Bertz CT molecular complexity index is 697. The van der Waals surface area contributed by atoms with Crippen molar-refractivity contribution in [3.8, 4) is 0 Å². The Labute approximate surface area is 128 Å². The van der Waals surface area contributed by atoms with Crippen LogP contribution in [0.25, 0.3) is 0 Å². The molecule has 0 aromatic carbocycles. The molecular weight excluding hydrogens is 317 g/mol. The van der Waals surface area contributed by atoms with Crippen molar-refractivity contribution in [3.05, 3.63) is 39.5 Å². The summed E-state index contributed by atoms with van der Waals surface area (Å²) >= 11 is 1.08. The molecule has 0 saturated carbocycles. The first-order chi connectivity index (χ1) is 10.2. The minimum absolute atomic E-state index is 0.0115. The molecule has 9 heteroatoms. The molecule has 2 aromatic rings. The van der Waals surface area contributed by atoms with Gasteiger partial charge in [0.1, 0.15) is 15.7 Å². The van der Waals surface area contributed by atoms with Gasteiger partial charge in [-0.1, -0.05) is 0 Å². The first-order valence-corrected chi connectivity index (χ1v) is 7.06. The molecule has 118 valence electrons. The molecule has 0 saturated heterocycles. The fourth-order valence-electron chi connectivity index (χ4n) is 1.68. The summed E-state index contributed by atoms with van der Waals surface area (Å²) in [6.07, 6.45) is -2.10. The number of pyridine rings is 1. The number of carbonyl (C=O) groups excluding carboxylic acids is 1. The van der Waals surface area contributed by atoms with E-state index in [0.29, 0.717) is 5.01 Å². The first-order valence-electron chi connectivity index (χ1n) is 6.25. The molecule has 2 aromatic heterocycles. The second kappa shape index (κ2) is 6.01. The largest absolute Gasteiger partial charge is 0.416 e. The maximum absolute atomic E-state index is 12.8. The highest BCUT2D eigenvalue weighted by Gasteiger charge is 2.33. The number of hydrogen-bond donors (Lipinski definition) is 2. The van der Waals surface area contributed by atoms with Crippen molar-refractivity contribution in [3.63, 3.8) is 0 Å². The zero-order chi connectivity index (χ0) is 16.5. The average Bonchev–Trinajstić information content (AvgIpc) is 2.89. The number of amides is 1. The van der Waals surface area contributed by atoms with Gasteiger partial charge in [0.25, 0.3) is 5.91 Å². The third-order valence-corrected chi connectivity index (χ3v) is 3.98. The lowest BCUT2D eigenvalue weighted by Crippen LogP contribution is -2.14. The number of nitrogens with one attached hydrogen (secondary N) is 1. The number of halogens is 3. The third kappa shape index (κ3) is 3.60. The molecule has 0 aliphatic heterocycles. The standard InChI is InChI=1S/C13H13F3N4OS/c1-6-4-18-10(3-8(6)13(14,15)16)20-11(21)9-5-19-12(22-9)7(2)17/h3-5,7H,17H2,1-2H3,(H,18,20,21). The van der Waals surface area contributed by atoms with Crippen molar-refractivity contribution < 1.29 is 18.0 Å². The minimum Gasteiger partial charge on any atom is -0.322 e. The van der Waals surface area contributed by atoms with Gasteiger partial charge in [-0.2, -0.15) is 13.2 Å². The smallest absolute Gasteiger partial charge is 0.322 e. The van der Waals surface area contributed by atoms with Gasteiger partial charge in [0, 0.05) is 6.20 Å². The van der Waals surface area contributed by atoms with Crippen LogP contribution in [0.3, 0.4) is 0 Å². The van der Waals surface area contributed by atoms with Crippen LogP contribution < -0.4 is 11.1 Å². The molecule has 1 unspecified atom stereocenters. The van der Waals surface area contributed by atoms with Crippen molar-refractivity contribution in [1.29, 1.82) is 0 Å². The van der Waals surface area contributed by atoms with Gasteiger partial charge in [-0.05, 0) is 25.5 Å². The molecule has 1 amide bonds. The lowest BCUT2D eigenvalue weighted by molar-refractivity contribution is -0.138. The second-order valence-corrected chi connectivity index (χ2v) is 5.75. The van der Waals surface area contributed by atoms with E-state index in [-0.39, 0.29) is 22.3 Å². The Hall–Kier alpha value is -2.00. The van der Waals surface area contributed by atoms with Crippen molar-refractivity contribution in [2.24, 2.45) is 5.73 Å². The molecule has 0 bridgehead atoms. The number of rotatable bonds is 3. The highest BCUT2D eigenvalue weighted by molar-refractivity contribution is 7.13. The molecular formula is C13H13F3N4OS. The number of nitrogens with zero attached hydrogens (tertiary/aromatic N) is 2. The maximum atomic E-state index is 12.8. The molecule has 0 radical (unpaired) electrons. The summed E-state index contributed by atoms with van der Waals surface area (Å²) in [4.78, 5) is 20.0. The van der Waals surface area contributed by atoms with E-state index in [9.17, 15) is 18.0 Å². The number of aromatic nitrogens is 2. The molecule has 0 fully saturated rings. The lowest BCUT2D eigenvalue weighted by atomic mass is 10.1. The maximum Gasteiger partial charge on any atom is 0.416 e. The van der Waals surface area contributed by atoms with Gasteiger partial charge in [0.05, 0.1) is 17.8 Å². The summed E-state index contributed by atoms with van der Waals surface area (Å²) in [5, 5.41) is 2.90. The van der Waals surface area contributed by atoms with Crippen LogP contribution in [0.5, 0.6) is 0 Å². The summed E-state index contributed by atoms with van der Waals surface area (Å²) in [6, 6.07) is 0.488. The van der Waals surface area contributed by atoms with Crippen LogP contribution in [0.2, 0.25) is 0 Å². The second-order valence-electron chi connectivity index (χ2n) is 4.69. The summed E-state index contributed by atoms with van der Waals surface area (Å²) in [5.74, 6) is -0.743. The van der Waals surface area contributed by atoms with E-state index in [1.54, 1.807) is 6.92 Å². The topological polar surface area (TPSA) is 80.9 Å². The summed E-state index contributed by atoms with van der Waals surface area (Å²) < 4.78 is 38.5. The van der Waals surface area contributed by atoms with Gasteiger partial charge in [-0.15, -0.1) is 11.3 Å². The number of alkyl halides is 3. The molecule has 1 atom stereocenters. The summed E-state index contributed by atoms with van der Waals surface area (Å²) in [5.41, 5.74) is 4.80. The van der Waals surface area contributed by atoms with Gasteiger partial charge in [-0.25, -0.2) is 9.97 Å². The predicted octanol–water partition coefficient (Wildman–Crippen LogP) is 3.14. The Balaban J connectivity index is 2.21. The van der Waals surface area contributed by atoms with Crippen LogP contribution in [-0.4, -0.2) is 15.9 Å². The number of thiazole rings is 1. The van der Waals surface area contributed by atoms with E-state index in [2.05, 4.69) is 15.3 Å². The van der Waals surface area contributed by atoms with Gasteiger partial charge < -0.3 is 11.1 Å². The van der Waals surface area contributed by atoms with Gasteiger partial charge in [-0.3, -0.25) is 4.79 Å². The zero-order valence-corrected chi connectivity index (χ0v) is 12.5. The molecule has 2 rings (SSSR count). The van der Waals surface area contributed by atoms with Crippen molar-refractivity contribution in [2.45, 2.75) is 26.1 Å². The highest BCUT2D eigenvalue weighted by Crippen LogP contribution is 2.32. The van der Waals surface area contributed by atoms with E-state index in [1.807, 2.05) is 0 Å². The molecule has 5 nitrogen and oxygen atoms in total. The van der Waals surface area contributed by atoms with Crippen molar-refractivity contribution in [1.82, 2.24) is 9.97 Å². The minimum atomic E-state index is -4.50. The van der Waals surface area contributed by atoms with Crippen LogP contribution in [0, 0.1) is 6.92 Å². The van der Waals surface area contributed by atoms with Gasteiger partial charge in [0.15, 0.2) is 0 Å². The predicted molar refractivity (Wildman–Crippen MR) is 76.6 cm³/mol. The fraction of sp³-hybridized carbons (Fsp3) is 0.308. The van der Waals surface area contributed by atoms with E-state index >= 15 is 0 Å². The molecule has 3 N–H and O–H groups in total. The third-order valence-electron chi connectivity index (χ3n) is 2.79. The molecule has 0 aliphatic rings. The normalized spacial score (nSPS) is 13.0. The monoisotopic (exact) mass is 330 g/mol. The van der Waals surface area contributed by atoms with Crippen molar-refractivity contribution >= 4 is 23.1 Å². The van der Waals surface area contributed by atoms with E-state index in [1.165, 1.54) is 13.1 Å². The summed E-state index contributed by atoms with van der Waals surface area (Å²) in [6.45, 7) is 3.02. The Kier molecular flexibility index (Phi) is 4.47. The Morgan fingerprint density at radius 2 is 2.05 bits per heavy atom. The average molecular weight is 330 g/mol. The van der Waals surface area contributed by atoms with Gasteiger partial charge >= 0.3 is 6.18 Å². The van der Waals surface area contributed by atoms with Crippen molar-refractivity contribution in [2.75, 3.05) is 5.32 Å². The number of aryl methyl sites for hydroxylation is 1. The van der Waals surface area contributed by atoms with E-state index in [0.717, 1.165) is 23.6 Å². The molecule has 0 aliphatic carbocycles. The van der Waals surface area contributed by atoms with E-state index in [4.69, 9.17) is 5.73 Å². The highest BCUT2D eigenvalue weighted by atomic mass is 32.1. The lowest BCUT2D eigenvalue weighted by Gasteiger charge is -2.11. The number of nitrogens with two attached hydrogens (primary N) is 1. The molecule has 2 heterocycles. The van der Waals surface area contributed by atoms with E-state index < -0.39 is 17.6 Å².